The second-order valence-corrected chi connectivity index (χ2v) is 5.34. The number of pyridine rings is 1. The van der Waals surface area contributed by atoms with E-state index in [1.54, 1.807) is 6.20 Å². The molecule has 0 saturated heterocycles. The number of nitrogens with zero attached hydrogens (tertiary/aromatic N) is 3. The van der Waals surface area contributed by atoms with Gasteiger partial charge in [0.1, 0.15) is 5.82 Å². The molecular weight excluding hydrogens is 277 g/mol. The van der Waals surface area contributed by atoms with E-state index in [9.17, 15) is 4.39 Å². The summed E-state index contributed by atoms with van der Waals surface area (Å²) >= 11 is 0. The number of benzene rings is 1. The van der Waals surface area contributed by atoms with Crippen LogP contribution < -0.4 is 0 Å². The van der Waals surface area contributed by atoms with Gasteiger partial charge < -0.3 is 0 Å². The number of aromatic nitrogens is 1. The van der Waals surface area contributed by atoms with Crippen LogP contribution in [0.3, 0.4) is 0 Å². The van der Waals surface area contributed by atoms with Gasteiger partial charge in [-0.3, -0.25) is 9.88 Å². The SMILES string of the molecule is CN(CCCCC#N)[C@H](c1ccc(F)cc1)c1cccnc1. The number of unbranched alkanes of at least 4 members (excludes halogenated alkanes) is 2. The van der Waals surface area contributed by atoms with Gasteiger partial charge in [0.25, 0.3) is 0 Å². The normalized spacial score (nSPS) is 12.1. The highest BCUT2D eigenvalue weighted by molar-refractivity contribution is 5.30. The van der Waals surface area contributed by atoms with E-state index in [0.717, 1.165) is 30.5 Å². The lowest BCUT2D eigenvalue weighted by atomic mass is 9.98. The maximum Gasteiger partial charge on any atom is 0.123 e. The molecule has 0 aliphatic rings. The summed E-state index contributed by atoms with van der Waals surface area (Å²) in [6, 6.07) is 12.8. The molecule has 1 aromatic carbocycles. The van der Waals surface area contributed by atoms with Gasteiger partial charge in [-0.15, -0.1) is 0 Å². The van der Waals surface area contributed by atoms with Gasteiger partial charge in [-0.2, -0.15) is 5.26 Å². The van der Waals surface area contributed by atoms with Crippen LogP contribution in [0.4, 0.5) is 4.39 Å². The van der Waals surface area contributed by atoms with Crippen LogP contribution >= 0.6 is 0 Å². The number of hydrogen-bond acceptors (Lipinski definition) is 3. The van der Waals surface area contributed by atoms with Crippen LogP contribution in [0.25, 0.3) is 0 Å². The summed E-state index contributed by atoms with van der Waals surface area (Å²) in [5.41, 5.74) is 2.12. The number of rotatable bonds is 7. The van der Waals surface area contributed by atoms with Crippen LogP contribution in [-0.2, 0) is 0 Å². The fourth-order valence-corrected chi connectivity index (χ4v) is 2.58. The Morgan fingerprint density at radius 3 is 2.59 bits per heavy atom. The Hall–Kier alpha value is -2.25. The Labute approximate surface area is 131 Å². The van der Waals surface area contributed by atoms with E-state index in [1.807, 2.05) is 37.5 Å². The van der Waals surface area contributed by atoms with Crippen LogP contribution in [0.15, 0.2) is 48.8 Å². The molecule has 0 aliphatic heterocycles. The summed E-state index contributed by atoms with van der Waals surface area (Å²) in [4.78, 5) is 6.42. The molecule has 2 aromatic rings. The summed E-state index contributed by atoms with van der Waals surface area (Å²) in [5.74, 6) is -0.231. The molecule has 4 heteroatoms. The molecule has 1 heterocycles. The molecular formula is C18H20FN3. The average Bonchev–Trinajstić information content (AvgIpc) is 2.55. The maximum atomic E-state index is 13.2. The van der Waals surface area contributed by atoms with Crippen molar-refractivity contribution in [3.63, 3.8) is 0 Å². The van der Waals surface area contributed by atoms with Gasteiger partial charge in [-0.05, 0) is 55.8 Å². The fraction of sp³-hybridized carbons (Fsp3) is 0.333. The predicted octanol–water partition coefficient (Wildman–Crippen LogP) is 3.94. The van der Waals surface area contributed by atoms with Gasteiger partial charge in [0.2, 0.25) is 0 Å². The lowest BCUT2D eigenvalue weighted by Gasteiger charge is -2.28. The van der Waals surface area contributed by atoms with Crippen molar-refractivity contribution in [3.8, 4) is 6.07 Å². The quantitative estimate of drug-likeness (QED) is 0.727. The molecule has 0 amide bonds. The van der Waals surface area contributed by atoms with E-state index >= 15 is 0 Å². The summed E-state index contributed by atoms with van der Waals surface area (Å²) in [6.45, 7) is 0.874. The first-order chi connectivity index (χ1) is 10.7. The van der Waals surface area contributed by atoms with Crippen molar-refractivity contribution in [2.75, 3.05) is 13.6 Å². The summed E-state index contributed by atoms with van der Waals surface area (Å²) in [5, 5.41) is 8.62. The van der Waals surface area contributed by atoms with E-state index in [4.69, 9.17) is 5.26 Å². The lowest BCUT2D eigenvalue weighted by Crippen LogP contribution is -2.26. The zero-order valence-corrected chi connectivity index (χ0v) is 12.7. The van der Waals surface area contributed by atoms with Crippen molar-refractivity contribution in [3.05, 3.63) is 65.7 Å². The Bertz CT molecular complexity index is 604. The largest absolute Gasteiger partial charge is 0.295 e. The third kappa shape index (κ3) is 4.37. The second-order valence-electron chi connectivity index (χ2n) is 5.34. The summed E-state index contributed by atoms with van der Waals surface area (Å²) in [6.07, 6.45) is 6.03. The van der Waals surface area contributed by atoms with E-state index in [1.165, 1.54) is 12.1 Å². The topological polar surface area (TPSA) is 39.9 Å². The van der Waals surface area contributed by atoms with Crippen LogP contribution in [0.1, 0.15) is 36.4 Å². The molecule has 1 aromatic heterocycles. The molecule has 0 aliphatic carbocycles. The summed E-state index contributed by atoms with van der Waals surface area (Å²) in [7, 11) is 2.05. The van der Waals surface area contributed by atoms with Crippen LogP contribution in [0, 0.1) is 17.1 Å². The molecule has 0 radical (unpaired) electrons. The Balaban J connectivity index is 2.18. The Kier molecular flexibility index (Phi) is 6.05. The standard InChI is InChI=1S/C18H20FN3/c1-22(13-4-2-3-11-20)18(16-6-5-12-21-14-16)15-7-9-17(19)10-8-15/h5-10,12,14,18H,2-4,13H2,1H3/t18-/m1/s1. The zero-order chi connectivity index (χ0) is 15.8. The van der Waals surface area contributed by atoms with E-state index < -0.39 is 0 Å². The minimum absolute atomic E-state index is 0.0383. The molecule has 0 fully saturated rings. The summed E-state index contributed by atoms with van der Waals surface area (Å²) < 4.78 is 13.2. The van der Waals surface area contributed by atoms with Crippen LogP contribution in [0.5, 0.6) is 0 Å². The molecule has 0 saturated carbocycles. The minimum atomic E-state index is -0.231. The molecule has 22 heavy (non-hydrogen) atoms. The van der Waals surface area contributed by atoms with E-state index in [-0.39, 0.29) is 11.9 Å². The van der Waals surface area contributed by atoms with Crippen molar-refractivity contribution in [1.82, 2.24) is 9.88 Å². The first-order valence-corrected chi connectivity index (χ1v) is 7.45. The van der Waals surface area contributed by atoms with Gasteiger partial charge in [-0.25, -0.2) is 4.39 Å². The minimum Gasteiger partial charge on any atom is -0.295 e. The van der Waals surface area contributed by atoms with Crippen molar-refractivity contribution in [2.24, 2.45) is 0 Å². The lowest BCUT2D eigenvalue weighted by molar-refractivity contribution is 0.273. The first-order valence-electron chi connectivity index (χ1n) is 7.45. The first kappa shape index (κ1) is 16.1. The smallest absolute Gasteiger partial charge is 0.123 e. The van der Waals surface area contributed by atoms with Gasteiger partial charge in [0.05, 0.1) is 12.1 Å². The molecule has 0 spiro atoms. The fourth-order valence-electron chi connectivity index (χ4n) is 2.58. The van der Waals surface area contributed by atoms with Crippen molar-refractivity contribution in [1.29, 1.82) is 5.26 Å². The van der Waals surface area contributed by atoms with Crippen molar-refractivity contribution >= 4 is 0 Å². The molecule has 2 rings (SSSR count). The molecule has 1 atom stereocenters. The number of halogens is 1. The number of nitriles is 1. The van der Waals surface area contributed by atoms with Gasteiger partial charge in [0, 0.05) is 18.8 Å². The van der Waals surface area contributed by atoms with Gasteiger partial charge >= 0.3 is 0 Å². The van der Waals surface area contributed by atoms with E-state index in [0.29, 0.717) is 6.42 Å². The van der Waals surface area contributed by atoms with Gasteiger partial charge in [0.15, 0.2) is 0 Å². The average molecular weight is 297 g/mol. The molecule has 114 valence electrons. The molecule has 0 bridgehead atoms. The van der Waals surface area contributed by atoms with Crippen LogP contribution in [-0.4, -0.2) is 23.5 Å². The third-order valence-corrected chi connectivity index (χ3v) is 3.68. The second kappa shape index (κ2) is 8.26. The van der Waals surface area contributed by atoms with Crippen molar-refractivity contribution in [2.45, 2.75) is 25.3 Å². The highest BCUT2D eigenvalue weighted by atomic mass is 19.1. The molecule has 3 nitrogen and oxygen atoms in total. The monoisotopic (exact) mass is 297 g/mol. The number of hydrogen-bond donors (Lipinski definition) is 0. The molecule has 0 unspecified atom stereocenters. The zero-order valence-electron chi connectivity index (χ0n) is 12.7. The highest BCUT2D eigenvalue weighted by Crippen LogP contribution is 2.27. The molecule has 0 N–H and O–H groups in total. The predicted molar refractivity (Wildman–Crippen MR) is 84.6 cm³/mol. The highest BCUT2D eigenvalue weighted by Gasteiger charge is 2.19. The Morgan fingerprint density at radius 2 is 1.95 bits per heavy atom. The van der Waals surface area contributed by atoms with Crippen LogP contribution in [0.2, 0.25) is 0 Å². The van der Waals surface area contributed by atoms with Gasteiger partial charge in [-0.1, -0.05) is 18.2 Å². The third-order valence-electron chi connectivity index (χ3n) is 3.68. The Morgan fingerprint density at radius 1 is 1.18 bits per heavy atom. The van der Waals surface area contributed by atoms with E-state index in [2.05, 4.69) is 16.0 Å². The maximum absolute atomic E-state index is 13.2. The van der Waals surface area contributed by atoms with Crippen molar-refractivity contribution < 1.29 is 4.39 Å².